The van der Waals surface area contributed by atoms with Crippen LogP contribution in [0, 0.1) is 0 Å². The minimum atomic E-state index is -0.156. The molecule has 0 spiro atoms. The van der Waals surface area contributed by atoms with Crippen molar-refractivity contribution in [1.29, 1.82) is 0 Å². The molecular weight excluding hydrogens is 220 g/mol. The molecule has 0 aromatic heterocycles. The first-order chi connectivity index (χ1) is 6.66. The highest BCUT2D eigenvalue weighted by Gasteiger charge is 2.17. The summed E-state index contributed by atoms with van der Waals surface area (Å²) in [4.78, 5) is 13.1. The summed E-state index contributed by atoms with van der Waals surface area (Å²) in [5, 5.41) is 0. The van der Waals surface area contributed by atoms with Gasteiger partial charge in [-0.2, -0.15) is 0 Å². The van der Waals surface area contributed by atoms with Crippen molar-refractivity contribution in [3.63, 3.8) is 0 Å². The van der Waals surface area contributed by atoms with Crippen molar-refractivity contribution < 1.29 is 4.79 Å². The summed E-state index contributed by atoms with van der Waals surface area (Å²) in [5.41, 5.74) is 0.770. The average molecular weight is 231 g/mol. The van der Waals surface area contributed by atoms with Gasteiger partial charge in [-0.3, -0.25) is 0 Å². The molecule has 3 nitrogen and oxygen atoms in total. The van der Waals surface area contributed by atoms with Crippen molar-refractivity contribution >= 4 is 33.6 Å². The van der Waals surface area contributed by atoms with Crippen LogP contribution in [0.3, 0.4) is 0 Å². The van der Waals surface area contributed by atoms with Gasteiger partial charge in [-0.25, -0.2) is 9.10 Å². The van der Waals surface area contributed by atoms with E-state index in [0.29, 0.717) is 0 Å². The molecular formula is C9H11ClN2OS. The maximum atomic E-state index is 11.6. The number of urea groups is 1. The van der Waals surface area contributed by atoms with Gasteiger partial charge in [0.15, 0.2) is 0 Å². The molecule has 1 rings (SSSR count). The predicted octanol–water partition coefficient (Wildman–Crippen LogP) is 2.98. The molecule has 2 amide bonds. The molecule has 0 heterocycles. The lowest BCUT2D eigenvalue weighted by Crippen LogP contribution is -2.33. The summed E-state index contributed by atoms with van der Waals surface area (Å²) in [5.74, 6) is 0. The number of para-hydroxylation sites is 1. The highest BCUT2D eigenvalue weighted by atomic mass is 35.7. The Morgan fingerprint density at radius 1 is 1.29 bits per heavy atom. The van der Waals surface area contributed by atoms with E-state index >= 15 is 0 Å². The van der Waals surface area contributed by atoms with Crippen LogP contribution in [0.15, 0.2) is 30.3 Å². The third-order valence-electron chi connectivity index (χ3n) is 1.62. The Hall–Kier alpha value is -0.870. The SMILES string of the molecule is CN(C)C(=O)N(SCl)c1ccccc1. The van der Waals surface area contributed by atoms with Crippen molar-refractivity contribution in [1.82, 2.24) is 4.90 Å². The third kappa shape index (κ3) is 2.56. The first-order valence-corrected chi connectivity index (χ1v) is 5.62. The normalized spacial score (nSPS) is 9.64. The molecule has 0 fully saturated rings. The van der Waals surface area contributed by atoms with Gasteiger partial charge in [0.05, 0.1) is 16.8 Å². The quantitative estimate of drug-likeness (QED) is 0.730. The average Bonchev–Trinajstić information content (AvgIpc) is 2.20. The van der Waals surface area contributed by atoms with Crippen LogP contribution in [0.2, 0.25) is 0 Å². The van der Waals surface area contributed by atoms with E-state index in [0.717, 1.165) is 16.8 Å². The Balaban J connectivity index is 2.88. The Morgan fingerprint density at radius 2 is 1.86 bits per heavy atom. The number of carbonyl (C=O) groups excluding carboxylic acids is 1. The number of anilines is 1. The van der Waals surface area contributed by atoms with Crippen molar-refractivity contribution in [2.75, 3.05) is 18.4 Å². The van der Waals surface area contributed by atoms with Crippen LogP contribution >= 0.6 is 21.8 Å². The van der Waals surface area contributed by atoms with Crippen LogP contribution < -0.4 is 4.31 Å². The van der Waals surface area contributed by atoms with Gasteiger partial charge in [0.25, 0.3) is 0 Å². The maximum Gasteiger partial charge on any atom is 0.335 e. The van der Waals surface area contributed by atoms with Crippen LogP contribution in [0.5, 0.6) is 0 Å². The van der Waals surface area contributed by atoms with E-state index in [9.17, 15) is 4.79 Å². The van der Waals surface area contributed by atoms with Crippen molar-refractivity contribution in [3.05, 3.63) is 30.3 Å². The first kappa shape index (κ1) is 11.2. The van der Waals surface area contributed by atoms with Gasteiger partial charge in [0.1, 0.15) is 0 Å². The van der Waals surface area contributed by atoms with Gasteiger partial charge in [-0.05, 0) is 22.8 Å². The number of halogens is 1. The lowest BCUT2D eigenvalue weighted by Gasteiger charge is -2.21. The van der Waals surface area contributed by atoms with Gasteiger partial charge in [-0.1, -0.05) is 18.2 Å². The van der Waals surface area contributed by atoms with E-state index in [-0.39, 0.29) is 6.03 Å². The van der Waals surface area contributed by atoms with Gasteiger partial charge in [0, 0.05) is 14.1 Å². The fourth-order valence-corrected chi connectivity index (χ4v) is 1.76. The summed E-state index contributed by atoms with van der Waals surface area (Å²) in [6.07, 6.45) is 0. The predicted molar refractivity (Wildman–Crippen MR) is 61.4 cm³/mol. The van der Waals surface area contributed by atoms with Crippen molar-refractivity contribution in [2.24, 2.45) is 0 Å². The molecule has 1 aromatic carbocycles. The number of carbonyl (C=O) groups is 1. The molecule has 0 saturated carbocycles. The largest absolute Gasteiger partial charge is 0.335 e. The summed E-state index contributed by atoms with van der Waals surface area (Å²) in [7, 11) is 9.01. The molecule has 0 aliphatic rings. The third-order valence-corrected chi connectivity index (χ3v) is 2.54. The van der Waals surface area contributed by atoms with Gasteiger partial charge in [0.2, 0.25) is 0 Å². The molecule has 0 unspecified atom stereocenters. The molecule has 0 aliphatic carbocycles. The van der Waals surface area contributed by atoms with E-state index in [1.165, 1.54) is 9.21 Å². The number of benzene rings is 1. The number of nitrogens with zero attached hydrogens (tertiary/aromatic N) is 2. The van der Waals surface area contributed by atoms with Gasteiger partial charge < -0.3 is 4.90 Å². The second kappa shape index (κ2) is 5.12. The fourth-order valence-electron chi connectivity index (χ4n) is 0.925. The maximum absolute atomic E-state index is 11.6. The van der Waals surface area contributed by atoms with E-state index in [2.05, 4.69) is 0 Å². The first-order valence-electron chi connectivity index (χ1n) is 4.02. The van der Waals surface area contributed by atoms with Gasteiger partial charge in [-0.15, -0.1) is 0 Å². The standard InChI is InChI=1S/C9H11ClN2OS/c1-11(2)9(13)12(14-10)8-6-4-3-5-7-8/h3-7H,1-2H3. The van der Waals surface area contributed by atoms with E-state index in [4.69, 9.17) is 10.7 Å². The Morgan fingerprint density at radius 3 is 2.29 bits per heavy atom. The second-order valence-electron chi connectivity index (χ2n) is 2.88. The van der Waals surface area contributed by atoms with Crippen LogP contribution in [0.25, 0.3) is 0 Å². The lowest BCUT2D eigenvalue weighted by molar-refractivity contribution is 0.228. The van der Waals surface area contributed by atoms with Crippen molar-refractivity contribution in [3.8, 4) is 0 Å². The molecule has 5 heteroatoms. The zero-order valence-corrected chi connectivity index (χ0v) is 9.55. The van der Waals surface area contributed by atoms with Gasteiger partial charge >= 0.3 is 6.03 Å². The zero-order valence-electron chi connectivity index (χ0n) is 7.98. The molecule has 0 radical (unpaired) electrons. The van der Waals surface area contributed by atoms with Crippen LogP contribution in [0.4, 0.5) is 10.5 Å². The van der Waals surface area contributed by atoms with Crippen LogP contribution in [0.1, 0.15) is 0 Å². The Labute approximate surface area is 92.3 Å². The molecule has 0 atom stereocenters. The summed E-state index contributed by atoms with van der Waals surface area (Å²) >= 11 is 0.874. The molecule has 0 saturated heterocycles. The molecule has 0 bridgehead atoms. The summed E-state index contributed by atoms with van der Waals surface area (Å²) in [6.45, 7) is 0. The van der Waals surface area contributed by atoms with E-state index < -0.39 is 0 Å². The highest BCUT2D eigenvalue weighted by molar-refractivity contribution is 8.22. The molecule has 76 valence electrons. The number of hydrogen-bond donors (Lipinski definition) is 0. The Bertz CT molecular complexity index is 305. The number of amides is 2. The molecule has 14 heavy (non-hydrogen) atoms. The monoisotopic (exact) mass is 230 g/mol. The van der Waals surface area contributed by atoms with E-state index in [1.54, 1.807) is 14.1 Å². The molecule has 1 aromatic rings. The van der Waals surface area contributed by atoms with E-state index in [1.807, 2.05) is 30.3 Å². The minimum Gasteiger partial charge on any atom is -0.330 e. The second-order valence-corrected chi connectivity index (χ2v) is 3.79. The Kier molecular flexibility index (Phi) is 4.10. The summed E-state index contributed by atoms with van der Waals surface area (Å²) < 4.78 is 1.42. The minimum absolute atomic E-state index is 0.156. The van der Waals surface area contributed by atoms with Crippen LogP contribution in [-0.2, 0) is 0 Å². The number of hydrogen-bond acceptors (Lipinski definition) is 2. The van der Waals surface area contributed by atoms with Crippen LogP contribution in [-0.4, -0.2) is 25.0 Å². The number of rotatable bonds is 2. The lowest BCUT2D eigenvalue weighted by atomic mass is 10.3. The fraction of sp³-hybridized carbons (Fsp3) is 0.222. The molecule has 0 N–H and O–H groups in total. The zero-order chi connectivity index (χ0) is 10.6. The topological polar surface area (TPSA) is 23.6 Å². The summed E-state index contributed by atoms with van der Waals surface area (Å²) in [6, 6.07) is 9.11. The smallest absolute Gasteiger partial charge is 0.330 e. The van der Waals surface area contributed by atoms with Crippen molar-refractivity contribution in [2.45, 2.75) is 0 Å². The molecule has 0 aliphatic heterocycles. The highest BCUT2D eigenvalue weighted by Crippen LogP contribution is 2.25.